The number of para-hydroxylation sites is 1. The number of piperazine rings is 1. The van der Waals surface area contributed by atoms with Gasteiger partial charge in [-0.1, -0.05) is 31.0 Å². The minimum absolute atomic E-state index is 0. The van der Waals surface area contributed by atoms with Gasteiger partial charge in [-0.25, -0.2) is 0 Å². The summed E-state index contributed by atoms with van der Waals surface area (Å²) in [7, 11) is 1.79. The number of benzene rings is 1. The minimum Gasteiger partial charge on any atom is -0.496 e. The predicted octanol–water partition coefficient (Wildman–Crippen LogP) is 3.68. The summed E-state index contributed by atoms with van der Waals surface area (Å²) in [6.07, 6.45) is 5.52. The zero-order valence-corrected chi connectivity index (χ0v) is 14.9. The van der Waals surface area contributed by atoms with Gasteiger partial charge in [0.2, 0.25) is 0 Å². The molecule has 0 amide bonds. The van der Waals surface area contributed by atoms with E-state index in [1.807, 2.05) is 0 Å². The Morgan fingerprint density at radius 1 is 1.09 bits per heavy atom. The largest absolute Gasteiger partial charge is 0.496 e. The van der Waals surface area contributed by atoms with Gasteiger partial charge in [0.05, 0.1) is 7.11 Å². The van der Waals surface area contributed by atoms with Gasteiger partial charge < -0.3 is 10.1 Å². The second kappa shape index (κ2) is 9.61. The second-order valence-corrected chi connectivity index (χ2v) is 6.02. The summed E-state index contributed by atoms with van der Waals surface area (Å²) in [4.78, 5) is 2.67. The number of hydrogen-bond donors (Lipinski definition) is 1. The quantitative estimate of drug-likeness (QED) is 0.899. The van der Waals surface area contributed by atoms with Crippen LogP contribution in [0, 0.1) is 5.92 Å². The van der Waals surface area contributed by atoms with E-state index in [2.05, 4.69) is 34.5 Å². The van der Waals surface area contributed by atoms with E-state index in [9.17, 15) is 0 Å². The van der Waals surface area contributed by atoms with Gasteiger partial charge in [0, 0.05) is 37.8 Å². The Kier molecular flexibility index (Phi) is 8.55. The highest BCUT2D eigenvalue weighted by Gasteiger charge is 2.33. The molecule has 5 heteroatoms. The lowest BCUT2D eigenvalue weighted by Crippen LogP contribution is -2.46. The first-order chi connectivity index (χ1) is 9.90. The van der Waals surface area contributed by atoms with Crippen LogP contribution in [0.25, 0.3) is 0 Å². The van der Waals surface area contributed by atoms with Crippen LogP contribution in [-0.2, 0) is 0 Å². The topological polar surface area (TPSA) is 24.5 Å². The summed E-state index contributed by atoms with van der Waals surface area (Å²) in [5, 5.41) is 3.47. The fraction of sp³-hybridized carbons (Fsp3) is 0.647. The van der Waals surface area contributed by atoms with Gasteiger partial charge >= 0.3 is 0 Å². The maximum atomic E-state index is 5.63. The molecule has 0 spiro atoms. The fourth-order valence-corrected chi connectivity index (χ4v) is 3.89. The first-order valence-electron chi connectivity index (χ1n) is 7.98. The molecule has 3 rings (SSSR count). The third kappa shape index (κ3) is 4.29. The van der Waals surface area contributed by atoms with Crippen LogP contribution >= 0.6 is 24.8 Å². The standard InChI is InChI=1S/C17H26N2O.2ClH/c1-20-16-9-5-4-8-15(16)17(14-6-2-3-7-14)19-12-10-18-11-13-19;;/h4-5,8-9,14,17-18H,2-3,6-7,10-13H2,1H3;2*1H/t17-;;/m0../s1. The lowest BCUT2D eigenvalue weighted by Gasteiger charge is -2.39. The van der Waals surface area contributed by atoms with Crippen molar-refractivity contribution in [1.29, 1.82) is 0 Å². The van der Waals surface area contributed by atoms with Crippen LogP contribution in [0.15, 0.2) is 24.3 Å². The van der Waals surface area contributed by atoms with Gasteiger partial charge in [-0.05, 0) is 24.8 Å². The van der Waals surface area contributed by atoms with Crippen molar-refractivity contribution >= 4 is 24.8 Å². The van der Waals surface area contributed by atoms with Crippen molar-refractivity contribution in [3.63, 3.8) is 0 Å². The Balaban J connectivity index is 0.00000121. The Bertz CT molecular complexity index is 432. The fourth-order valence-electron chi connectivity index (χ4n) is 3.89. The Morgan fingerprint density at radius 2 is 1.73 bits per heavy atom. The van der Waals surface area contributed by atoms with Crippen molar-refractivity contribution in [2.24, 2.45) is 5.92 Å². The lowest BCUT2D eigenvalue weighted by atomic mass is 9.89. The van der Waals surface area contributed by atoms with E-state index in [1.54, 1.807) is 7.11 Å². The normalized spacial score (nSPS) is 20.8. The van der Waals surface area contributed by atoms with E-state index in [1.165, 1.54) is 31.2 Å². The second-order valence-electron chi connectivity index (χ2n) is 6.02. The molecule has 22 heavy (non-hydrogen) atoms. The highest BCUT2D eigenvalue weighted by molar-refractivity contribution is 5.85. The molecule has 1 atom stereocenters. The Labute approximate surface area is 146 Å². The van der Waals surface area contributed by atoms with Crippen molar-refractivity contribution in [2.45, 2.75) is 31.7 Å². The monoisotopic (exact) mass is 346 g/mol. The molecule has 1 saturated heterocycles. The molecule has 2 aliphatic rings. The zero-order chi connectivity index (χ0) is 13.8. The highest BCUT2D eigenvalue weighted by atomic mass is 35.5. The summed E-state index contributed by atoms with van der Waals surface area (Å²) in [5.74, 6) is 1.85. The third-order valence-electron chi connectivity index (χ3n) is 4.85. The highest BCUT2D eigenvalue weighted by Crippen LogP contribution is 2.42. The van der Waals surface area contributed by atoms with Gasteiger partial charge in [-0.2, -0.15) is 0 Å². The molecule has 0 aromatic heterocycles. The molecule has 3 nitrogen and oxygen atoms in total. The van der Waals surface area contributed by atoms with Crippen LogP contribution in [0.4, 0.5) is 0 Å². The SMILES string of the molecule is COc1ccccc1[C@H](C1CCCC1)N1CCNCC1.Cl.Cl. The molecule has 1 N–H and O–H groups in total. The van der Waals surface area contributed by atoms with Crippen molar-refractivity contribution in [2.75, 3.05) is 33.3 Å². The van der Waals surface area contributed by atoms with E-state index in [0.29, 0.717) is 6.04 Å². The molecule has 126 valence electrons. The van der Waals surface area contributed by atoms with Gasteiger partial charge in [-0.15, -0.1) is 24.8 Å². The molecule has 1 saturated carbocycles. The van der Waals surface area contributed by atoms with Crippen LogP contribution in [-0.4, -0.2) is 38.2 Å². The van der Waals surface area contributed by atoms with Crippen molar-refractivity contribution < 1.29 is 4.74 Å². The van der Waals surface area contributed by atoms with Crippen LogP contribution in [0.1, 0.15) is 37.3 Å². The smallest absolute Gasteiger partial charge is 0.123 e. The summed E-state index contributed by atoms with van der Waals surface area (Å²) in [6.45, 7) is 4.52. The third-order valence-corrected chi connectivity index (χ3v) is 4.85. The first kappa shape index (κ1) is 19.6. The molecule has 1 heterocycles. The van der Waals surface area contributed by atoms with Crippen LogP contribution in [0.5, 0.6) is 5.75 Å². The number of ether oxygens (including phenoxy) is 1. The molecule has 1 aliphatic heterocycles. The number of hydrogen-bond acceptors (Lipinski definition) is 3. The molecule has 0 radical (unpaired) electrons. The van der Waals surface area contributed by atoms with E-state index in [0.717, 1.165) is 37.8 Å². The van der Waals surface area contributed by atoms with E-state index in [4.69, 9.17) is 4.74 Å². The molecule has 0 bridgehead atoms. The van der Waals surface area contributed by atoms with Gasteiger partial charge in [0.25, 0.3) is 0 Å². The Hall–Kier alpha value is -0.480. The van der Waals surface area contributed by atoms with Gasteiger partial charge in [-0.3, -0.25) is 4.90 Å². The van der Waals surface area contributed by atoms with Crippen LogP contribution in [0.2, 0.25) is 0 Å². The zero-order valence-electron chi connectivity index (χ0n) is 13.3. The first-order valence-corrected chi connectivity index (χ1v) is 7.98. The van der Waals surface area contributed by atoms with Gasteiger partial charge in [0.1, 0.15) is 5.75 Å². The van der Waals surface area contributed by atoms with Crippen molar-refractivity contribution in [3.8, 4) is 5.75 Å². The average molecular weight is 347 g/mol. The molecular formula is C17H28Cl2N2O. The maximum absolute atomic E-state index is 5.63. The molecule has 1 aromatic rings. The van der Waals surface area contributed by atoms with Crippen molar-refractivity contribution in [1.82, 2.24) is 10.2 Å². The number of methoxy groups -OCH3 is 1. The van der Waals surface area contributed by atoms with E-state index >= 15 is 0 Å². The number of halogens is 2. The van der Waals surface area contributed by atoms with Crippen LogP contribution < -0.4 is 10.1 Å². The Morgan fingerprint density at radius 3 is 2.36 bits per heavy atom. The molecule has 1 aliphatic carbocycles. The average Bonchev–Trinajstić information content (AvgIpc) is 3.03. The summed E-state index contributed by atoms with van der Waals surface area (Å²) in [5.41, 5.74) is 1.39. The molecule has 1 aromatic carbocycles. The maximum Gasteiger partial charge on any atom is 0.123 e. The molecule has 0 unspecified atom stereocenters. The van der Waals surface area contributed by atoms with Gasteiger partial charge in [0.15, 0.2) is 0 Å². The minimum atomic E-state index is 0. The van der Waals surface area contributed by atoms with Crippen LogP contribution in [0.3, 0.4) is 0 Å². The summed E-state index contributed by atoms with van der Waals surface area (Å²) < 4.78 is 5.63. The predicted molar refractivity (Wildman–Crippen MR) is 96.6 cm³/mol. The van der Waals surface area contributed by atoms with Crippen molar-refractivity contribution in [3.05, 3.63) is 29.8 Å². The number of nitrogens with one attached hydrogen (secondary N) is 1. The summed E-state index contributed by atoms with van der Waals surface area (Å²) in [6, 6.07) is 9.15. The molecular weight excluding hydrogens is 319 g/mol. The number of rotatable bonds is 4. The summed E-state index contributed by atoms with van der Waals surface area (Å²) >= 11 is 0. The number of nitrogens with zero attached hydrogens (tertiary/aromatic N) is 1. The lowest BCUT2D eigenvalue weighted by molar-refractivity contribution is 0.123. The van der Waals surface area contributed by atoms with E-state index in [-0.39, 0.29) is 24.8 Å². The molecule has 2 fully saturated rings. The van der Waals surface area contributed by atoms with E-state index < -0.39 is 0 Å².